The van der Waals surface area contributed by atoms with Crippen LogP contribution >= 0.6 is 0 Å². The van der Waals surface area contributed by atoms with Gasteiger partial charge < -0.3 is 9.64 Å². The molecule has 0 spiro atoms. The Morgan fingerprint density at radius 3 is 2.77 bits per heavy atom. The van der Waals surface area contributed by atoms with E-state index in [4.69, 9.17) is 4.74 Å². The highest BCUT2D eigenvalue weighted by Crippen LogP contribution is 2.25. The molecule has 0 N–H and O–H groups in total. The molecule has 1 aliphatic heterocycles. The average Bonchev–Trinajstić information content (AvgIpc) is 2.92. The minimum atomic E-state index is -0.0618. The Morgan fingerprint density at radius 1 is 1.32 bits per heavy atom. The lowest BCUT2D eigenvalue weighted by Crippen LogP contribution is -2.47. The molecule has 1 aromatic heterocycles. The molecule has 1 fully saturated rings. The van der Waals surface area contributed by atoms with Crippen LogP contribution in [0.25, 0.3) is 0 Å². The molecule has 0 unspecified atom stereocenters. The number of aromatic nitrogens is 2. The Balaban J connectivity index is 1.69. The summed E-state index contributed by atoms with van der Waals surface area (Å²) in [6, 6.07) is 10.1. The lowest BCUT2D eigenvalue weighted by atomic mass is 10.1. The van der Waals surface area contributed by atoms with Crippen molar-refractivity contribution in [2.45, 2.75) is 32.6 Å². The SMILES string of the molecule is Cc1cnn(CC(=O)N2C[C@@H](C)O[C@H](c3ccccc3)C2)c1. The summed E-state index contributed by atoms with van der Waals surface area (Å²) in [6.45, 7) is 5.47. The third-order valence-corrected chi connectivity index (χ3v) is 3.84. The van der Waals surface area contributed by atoms with Crippen LogP contribution in [0.15, 0.2) is 42.7 Å². The third-order valence-electron chi connectivity index (χ3n) is 3.84. The smallest absolute Gasteiger partial charge is 0.244 e. The van der Waals surface area contributed by atoms with Gasteiger partial charge in [0, 0.05) is 12.7 Å². The Labute approximate surface area is 130 Å². The molecule has 0 radical (unpaired) electrons. The predicted molar refractivity (Wildman–Crippen MR) is 83.3 cm³/mol. The number of carbonyl (C=O) groups excluding carboxylic acids is 1. The number of amides is 1. The van der Waals surface area contributed by atoms with Crippen molar-refractivity contribution < 1.29 is 9.53 Å². The van der Waals surface area contributed by atoms with Crippen LogP contribution in [0, 0.1) is 6.92 Å². The van der Waals surface area contributed by atoms with Crippen molar-refractivity contribution in [1.82, 2.24) is 14.7 Å². The summed E-state index contributed by atoms with van der Waals surface area (Å²) in [5.41, 5.74) is 2.17. The molecular weight excluding hydrogens is 278 g/mol. The first-order valence-corrected chi connectivity index (χ1v) is 7.59. The molecule has 1 amide bonds. The van der Waals surface area contributed by atoms with Crippen molar-refractivity contribution in [3.63, 3.8) is 0 Å². The number of nitrogens with zero attached hydrogens (tertiary/aromatic N) is 3. The number of hydrogen-bond donors (Lipinski definition) is 0. The van der Waals surface area contributed by atoms with Gasteiger partial charge >= 0.3 is 0 Å². The summed E-state index contributed by atoms with van der Waals surface area (Å²) in [6.07, 6.45) is 3.62. The molecule has 1 aromatic carbocycles. The van der Waals surface area contributed by atoms with Gasteiger partial charge in [0.05, 0.1) is 18.8 Å². The number of hydrogen-bond acceptors (Lipinski definition) is 3. The third kappa shape index (κ3) is 3.36. The van der Waals surface area contributed by atoms with Crippen LogP contribution in [0.5, 0.6) is 0 Å². The molecule has 0 saturated carbocycles. The molecule has 1 saturated heterocycles. The van der Waals surface area contributed by atoms with Crippen molar-refractivity contribution in [2.75, 3.05) is 13.1 Å². The number of morpholine rings is 1. The summed E-state index contributed by atoms with van der Waals surface area (Å²) in [7, 11) is 0. The number of aryl methyl sites for hydroxylation is 1. The summed E-state index contributed by atoms with van der Waals surface area (Å²) >= 11 is 0. The van der Waals surface area contributed by atoms with Crippen LogP contribution < -0.4 is 0 Å². The van der Waals surface area contributed by atoms with Gasteiger partial charge in [-0.25, -0.2) is 0 Å². The zero-order valence-corrected chi connectivity index (χ0v) is 13.0. The molecule has 1 aliphatic rings. The van der Waals surface area contributed by atoms with Crippen LogP contribution in [0.1, 0.15) is 24.2 Å². The zero-order valence-electron chi connectivity index (χ0n) is 13.0. The van der Waals surface area contributed by atoms with E-state index in [1.165, 1.54) is 0 Å². The Kier molecular flexibility index (Phi) is 4.24. The molecule has 0 bridgehead atoms. The first-order chi connectivity index (χ1) is 10.6. The fourth-order valence-corrected chi connectivity index (χ4v) is 2.80. The van der Waals surface area contributed by atoms with Gasteiger partial charge in [-0.05, 0) is 25.0 Å². The summed E-state index contributed by atoms with van der Waals surface area (Å²) in [5, 5.41) is 4.18. The second-order valence-electron chi connectivity index (χ2n) is 5.86. The standard InChI is InChI=1S/C17H21N3O2/c1-13-8-18-20(9-13)12-17(21)19-10-14(2)22-16(11-19)15-6-4-3-5-7-15/h3-9,14,16H,10-12H2,1-2H3/t14-,16+/m1/s1. The summed E-state index contributed by atoms with van der Waals surface area (Å²) in [5.74, 6) is 0.0826. The molecule has 0 aliphatic carbocycles. The van der Waals surface area contributed by atoms with E-state index in [1.54, 1.807) is 10.9 Å². The van der Waals surface area contributed by atoms with Crippen molar-refractivity contribution in [3.05, 3.63) is 53.9 Å². The van der Waals surface area contributed by atoms with E-state index >= 15 is 0 Å². The van der Waals surface area contributed by atoms with Gasteiger partial charge in [-0.3, -0.25) is 9.48 Å². The lowest BCUT2D eigenvalue weighted by molar-refractivity contribution is -0.145. The van der Waals surface area contributed by atoms with Gasteiger partial charge in [0.1, 0.15) is 12.6 Å². The first kappa shape index (κ1) is 14.8. The van der Waals surface area contributed by atoms with Crippen LogP contribution in [0.3, 0.4) is 0 Å². The van der Waals surface area contributed by atoms with E-state index in [2.05, 4.69) is 5.10 Å². The maximum Gasteiger partial charge on any atom is 0.244 e. The molecule has 2 aromatic rings. The van der Waals surface area contributed by atoms with E-state index in [0.717, 1.165) is 11.1 Å². The van der Waals surface area contributed by atoms with Crippen LogP contribution in [-0.4, -0.2) is 39.8 Å². The molecule has 22 heavy (non-hydrogen) atoms. The number of ether oxygens (including phenoxy) is 1. The normalized spacial score (nSPS) is 21.8. The van der Waals surface area contributed by atoms with Gasteiger partial charge in [-0.15, -0.1) is 0 Å². The molecule has 5 heteroatoms. The summed E-state index contributed by atoms with van der Waals surface area (Å²) in [4.78, 5) is 14.4. The highest BCUT2D eigenvalue weighted by atomic mass is 16.5. The fourth-order valence-electron chi connectivity index (χ4n) is 2.80. The van der Waals surface area contributed by atoms with E-state index in [9.17, 15) is 4.79 Å². The van der Waals surface area contributed by atoms with Crippen molar-refractivity contribution in [3.8, 4) is 0 Å². The minimum Gasteiger partial charge on any atom is -0.367 e. The summed E-state index contributed by atoms with van der Waals surface area (Å²) < 4.78 is 7.68. The lowest BCUT2D eigenvalue weighted by Gasteiger charge is -2.37. The fraction of sp³-hybridized carbons (Fsp3) is 0.412. The maximum atomic E-state index is 12.5. The van der Waals surface area contributed by atoms with E-state index in [-0.39, 0.29) is 24.7 Å². The van der Waals surface area contributed by atoms with Gasteiger partial charge in [0.2, 0.25) is 5.91 Å². The first-order valence-electron chi connectivity index (χ1n) is 7.59. The molecule has 116 valence electrons. The number of benzene rings is 1. The highest BCUT2D eigenvalue weighted by Gasteiger charge is 2.29. The van der Waals surface area contributed by atoms with Crippen molar-refractivity contribution >= 4 is 5.91 Å². The van der Waals surface area contributed by atoms with Crippen LogP contribution in [0.2, 0.25) is 0 Å². The Morgan fingerprint density at radius 2 is 2.09 bits per heavy atom. The quantitative estimate of drug-likeness (QED) is 0.873. The topological polar surface area (TPSA) is 47.4 Å². The zero-order chi connectivity index (χ0) is 15.5. The number of carbonyl (C=O) groups is 1. The molecule has 2 heterocycles. The Hall–Kier alpha value is -2.14. The monoisotopic (exact) mass is 299 g/mol. The van der Waals surface area contributed by atoms with Gasteiger partial charge in [-0.2, -0.15) is 5.10 Å². The van der Waals surface area contributed by atoms with Gasteiger partial charge in [-0.1, -0.05) is 30.3 Å². The number of rotatable bonds is 3. The highest BCUT2D eigenvalue weighted by molar-refractivity contribution is 5.76. The van der Waals surface area contributed by atoms with Crippen LogP contribution in [0.4, 0.5) is 0 Å². The van der Waals surface area contributed by atoms with Gasteiger partial charge in [0.15, 0.2) is 0 Å². The van der Waals surface area contributed by atoms with E-state index < -0.39 is 0 Å². The minimum absolute atomic E-state index is 0.0299. The van der Waals surface area contributed by atoms with Crippen molar-refractivity contribution in [2.24, 2.45) is 0 Å². The molecule has 5 nitrogen and oxygen atoms in total. The van der Waals surface area contributed by atoms with Gasteiger partial charge in [0.25, 0.3) is 0 Å². The molecule has 3 rings (SSSR count). The second-order valence-corrected chi connectivity index (χ2v) is 5.86. The van der Waals surface area contributed by atoms with E-state index in [1.807, 2.05) is 55.3 Å². The average molecular weight is 299 g/mol. The largest absolute Gasteiger partial charge is 0.367 e. The second kappa shape index (κ2) is 6.32. The maximum absolute atomic E-state index is 12.5. The molecule has 2 atom stereocenters. The molecular formula is C17H21N3O2. The van der Waals surface area contributed by atoms with Crippen molar-refractivity contribution in [1.29, 1.82) is 0 Å². The Bertz CT molecular complexity index is 638. The van der Waals surface area contributed by atoms with Crippen LogP contribution in [-0.2, 0) is 16.1 Å². The predicted octanol–water partition coefficient (Wildman–Crippen LogP) is 2.18. The van der Waals surface area contributed by atoms with E-state index in [0.29, 0.717) is 13.1 Å².